The Morgan fingerprint density at radius 1 is 1.57 bits per heavy atom. The molecular weight excluding hydrogens is 277 g/mol. The highest BCUT2D eigenvalue weighted by molar-refractivity contribution is 5.72. The van der Waals surface area contributed by atoms with Crippen LogP contribution in [0.3, 0.4) is 0 Å². The zero-order valence-corrected chi connectivity index (χ0v) is 11.8. The Morgan fingerprint density at radius 3 is 3.00 bits per heavy atom. The van der Waals surface area contributed by atoms with Crippen molar-refractivity contribution in [2.75, 3.05) is 24.5 Å². The second-order valence-electron chi connectivity index (χ2n) is 5.28. The van der Waals surface area contributed by atoms with Crippen molar-refractivity contribution in [2.45, 2.75) is 19.8 Å². The molecule has 21 heavy (non-hydrogen) atoms. The number of rotatable bonds is 4. The molecule has 1 saturated heterocycles. The van der Waals surface area contributed by atoms with Crippen molar-refractivity contribution in [3.05, 3.63) is 34.1 Å². The maximum atomic E-state index is 13.2. The number of piperidine rings is 1. The predicted molar refractivity (Wildman–Crippen MR) is 76.7 cm³/mol. The highest BCUT2D eigenvalue weighted by Gasteiger charge is 2.26. The summed E-state index contributed by atoms with van der Waals surface area (Å²) in [5, 5.41) is 13.8. The molecule has 0 aromatic heterocycles. The molecule has 6 nitrogen and oxygen atoms in total. The molecule has 0 bridgehead atoms. The lowest BCUT2D eigenvalue weighted by Gasteiger charge is -2.34. The first-order valence-corrected chi connectivity index (χ1v) is 6.90. The average molecular weight is 295 g/mol. The minimum atomic E-state index is -0.614. The van der Waals surface area contributed by atoms with Gasteiger partial charge in [0.15, 0.2) is 0 Å². The summed E-state index contributed by atoms with van der Waals surface area (Å²) in [7, 11) is 0. The van der Waals surface area contributed by atoms with Crippen LogP contribution >= 0.6 is 0 Å². The predicted octanol–water partition coefficient (Wildman–Crippen LogP) is 2.09. The number of hydrogen-bond acceptors (Lipinski definition) is 4. The first-order valence-electron chi connectivity index (χ1n) is 6.90. The number of anilines is 1. The molecule has 2 rings (SSSR count). The van der Waals surface area contributed by atoms with Crippen LogP contribution in [-0.2, 0) is 4.79 Å². The highest BCUT2D eigenvalue weighted by Crippen LogP contribution is 2.31. The molecule has 1 N–H and O–H groups in total. The van der Waals surface area contributed by atoms with Crippen LogP contribution in [0.1, 0.15) is 19.8 Å². The highest BCUT2D eigenvalue weighted by atomic mass is 19.1. The van der Waals surface area contributed by atoms with Crippen molar-refractivity contribution in [3.8, 4) is 0 Å². The number of nitrogens with one attached hydrogen (secondary N) is 1. The van der Waals surface area contributed by atoms with Gasteiger partial charge in [0.05, 0.1) is 11.0 Å². The van der Waals surface area contributed by atoms with Gasteiger partial charge in [0, 0.05) is 26.6 Å². The molecule has 1 amide bonds. The molecule has 0 saturated carbocycles. The number of nitro benzene ring substituents is 1. The van der Waals surface area contributed by atoms with E-state index in [1.165, 1.54) is 19.1 Å². The van der Waals surface area contributed by atoms with Gasteiger partial charge in [-0.05, 0) is 30.9 Å². The number of amides is 1. The molecule has 1 unspecified atom stereocenters. The monoisotopic (exact) mass is 295 g/mol. The van der Waals surface area contributed by atoms with Crippen LogP contribution in [0, 0.1) is 21.8 Å². The van der Waals surface area contributed by atoms with Crippen LogP contribution in [0.5, 0.6) is 0 Å². The SMILES string of the molecule is CC(=O)NCC1CCCN(c2ccc(F)cc2[N+](=O)[O-])C1. The molecule has 0 aliphatic carbocycles. The maximum Gasteiger partial charge on any atom is 0.295 e. The molecule has 114 valence electrons. The summed E-state index contributed by atoms with van der Waals surface area (Å²) >= 11 is 0. The van der Waals surface area contributed by atoms with E-state index >= 15 is 0 Å². The van der Waals surface area contributed by atoms with Gasteiger partial charge in [0.2, 0.25) is 5.91 Å². The summed E-state index contributed by atoms with van der Waals surface area (Å²) < 4.78 is 13.2. The van der Waals surface area contributed by atoms with Crippen LogP contribution < -0.4 is 10.2 Å². The standard InChI is InChI=1S/C14H18FN3O3/c1-10(19)16-8-11-3-2-6-17(9-11)13-5-4-12(15)7-14(13)18(20)21/h4-5,7,11H,2-3,6,8-9H2,1H3,(H,16,19). The molecule has 1 atom stereocenters. The van der Waals surface area contributed by atoms with Gasteiger partial charge in [-0.3, -0.25) is 14.9 Å². The fourth-order valence-corrected chi connectivity index (χ4v) is 2.65. The number of carbonyl (C=O) groups excluding carboxylic acids is 1. The maximum absolute atomic E-state index is 13.2. The fraction of sp³-hybridized carbons (Fsp3) is 0.500. The number of nitrogens with zero attached hydrogens (tertiary/aromatic N) is 2. The molecule has 1 aliphatic heterocycles. The van der Waals surface area contributed by atoms with E-state index in [-0.39, 0.29) is 17.5 Å². The molecule has 1 fully saturated rings. The van der Waals surface area contributed by atoms with E-state index in [0.717, 1.165) is 18.9 Å². The first-order chi connectivity index (χ1) is 9.97. The van der Waals surface area contributed by atoms with Crippen molar-refractivity contribution in [1.82, 2.24) is 5.32 Å². The van der Waals surface area contributed by atoms with E-state index in [4.69, 9.17) is 0 Å². The zero-order valence-electron chi connectivity index (χ0n) is 11.8. The average Bonchev–Trinajstić information content (AvgIpc) is 2.45. The van der Waals surface area contributed by atoms with Gasteiger partial charge in [-0.1, -0.05) is 0 Å². The number of benzene rings is 1. The van der Waals surface area contributed by atoms with Gasteiger partial charge in [-0.2, -0.15) is 0 Å². The Balaban J connectivity index is 2.14. The quantitative estimate of drug-likeness (QED) is 0.681. The third-order valence-electron chi connectivity index (χ3n) is 3.63. The summed E-state index contributed by atoms with van der Waals surface area (Å²) in [6.07, 6.45) is 1.85. The number of carbonyl (C=O) groups is 1. The molecule has 0 spiro atoms. The van der Waals surface area contributed by atoms with E-state index in [2.05, 4.69) is 5.32 Å². The summed E-state index contributed by atoms with van der Waals surface area (Å²) in [4.78, 5) is 23.4. The molecule has 1 aliphatic rings. The molecule has 1 heterocycles. The van der Waals surface area contributed by atoms with Crippen molar-refractivity contribution >= 4 is 17.3 Å². The Kier molecular flexibility index (Phi) is 4.72. The van der Waals surface area contributed by atoms with Crippen LogP contribution in [0.25, 0.3) is 0 Å². The lowest BCUT2D eigenvalue weighted by atomic mass is 9.97. The van der Waals surface area contributed by atoms with Crippen molar-refractivity contribution in [2.24, 2.45) is 5.92 Å². The van der Waals surface area contributed by atoms with Crippen molar-refractivity contribution in [3.63, 3.8) is 0 Å². The van der Waals surface area contributed by atoms with Gasteiger partial charge in [-0.25, -0.2) is 4.39 Å². The fourth-order valence-electron chi connectivity index (χ4n) is 2.65. The third-order valence-corrected chi connectivity index (χ3v) is 3.63. The summed E-state index contributed by atoms with van der Waals surface area (Å²) in [5.41, 5.74) is 0.226. The van der Waals surface area contributed by atoms with E-state index in [1.54, 1.807) is 0 Å². The molecular formula is C14H18FN3O3. The Labute approximate surface area is 122 Å². The van der Waals surface area contributed by atoms with Gasteiger partial charge >= 0.3 is 0 Å². The number of hydrogen-bond donors (Lipinski definition) is 1. The largest absolute Gasteiger partial charge is 0.366 e. The van der Waals surface area contributed by atoms with Crippen LogP contribution in [0.4, 0.5) is 15.8 Å². The Hall–Kier alpha value is -2.18. The van der Waals surface area contributed by atoms with E-state index in [9.17, 15) is 19.3 Å². The minimum Gasteiger partial charge on any atom is -0.366 e. The summed E-state index contributed by atoms with van der Waals surface area (Å²) in [6, 6.07) is 3.64. The zero-order chi connectivity index (χ0) is 15.4. The van der Waals surface area contributed by atoms with E-state index in [1.807, 2.05) is 4.90 Å². The summed E-state index contributed by atoms with van der Waals surface area (Å²) in [5.74, 6) is -0.454. The van der Waals surface area contributed by atoms with Crippen LogP contribution in [0.2, 0.25) is 0 Å². The van der Waals surface area contributed by atoms with Gasteiger partial charge in [-0.15, -0.1) is 0 Å². The second-order valence-corrected chi connectivity index (χ2v) is 5.28. The van der Waals surface area contributed by atoms with Crippen molar-refractivity contribution < 1.29 is 14.1 Å². The van der Waals surface area contributed by atoms with Crippen molar-refractivity contribution in [1.29, 1.82) is 0 Å². The van der Waals surface area contributed by atoms with Gasteiger partial charge in [0.1, 0.15) is 11.5 Å². The molecule has 1 aromatic rings. The smallest absolute Gasteiger partial charge is 0.295 e. The lowest BCUT2D eigenvalue weighted by molar-refractivity contribution is -0.384. The molecule has 7 heteroatoms. The molecule has 0 radical (unpaired) electrons. The topological polar surface area (TPSA) is 75.5 Å². The Morgan fingerprint density at radius 2 is 2.33 bits per heavy atom. The van der Waals surface area contributed by atoms with Crippen LogP contribution in [-0.4, -0.2) is 30.5 Å². The normalized spacial score (nSPS) is 18.4. The van der Waals surface area contributed by atoms with Gasteiger partial charge in [0.25, 0.3) is 5.69 Å². The third kappa shape index (κ3) is 3.90. The first kappa shape index (κ1) is 15.2. The van der Waals surface area contributed by atoms with Crippen LogP contribution in [0.15, 0.2) is 18.2 Å². The number of nitro groups is 1. The van der Waals surface area contributed by atoms with Gasteiger partial charge < -0.3 is 10.2 Å². The Bertz CT molecular complexity index is 550. The summed E-state index contributed by atoms with van der Waals surface area (Å²) in [6.45, 7) is 3.34. The lowest BCUT2D eigenvalue weighted by Crippen LogP contribution is -2.40. The number of halogens is 1. The van der Waals surface area contributed by atoms with E-state index < -0.39 is 10.7 Å². The minimum absolute atomic E-state index is 0.0834. The van der Waals surface area contributed by atoms with E-state index in [0.29, 0.717) is 25.3 Å². The second kappa shape index (κ2) is 6.51. The molecule has 1 aromatic carbocycles.